The number of benzene rings is 1. The van der Waals surface area contributed by atoms with Gasteiger partial charge in [0.15, 0.2) is 0 Å². The maximum atomic E-state index is 11.0. The molecule has 0 spiro atoms. The summed E-state index contributed by atoms with van der Waals surface area (Å²) in [5.74, 6) is 1.68. The van der Waals surface area contributed by atoms with Crippen molar-refractivity contribution in [3.63, 3.8) is 0 Å². The molecule has 0 aliphatic carbocycles. The van der Waals surface area contributed by atoms with Gasteiger partial charge in [-0.2, -0.15) is 0 Å². The van der Waals surface area contributed by atoms with Gasteiger partial charge in [-0.25, -0.2) is 0 Å². The van der Waals surface area contributed by atoms with E-state index in [9.17, 15) is 4.57 Å². The maximum Gasteiger partial charge on any atom is 0.325 e. The van der Waals surface area contributed by atoms with Gasteiger partial charge in [-0.15, -0.1) is 11.3 Å². The van der Waals surface area contributed by atoms with Crippen molar-refractivity contribution in [1.29, 1.82) is 0 Å². The lowest BCUT2D eigenvalue weighted by molar-refractivity contribution is 0.306. The smallest absolute Gasteiger partial charge is 0.325 e. The zero-order chi connectivity index (χ0) is 21.3. The van der Waals surface area contributed by atoms with E-state index in [-0.39, 0.29) is 6.16 Å². The molecule has 0 bridgehead atoms. The van der Waals surface area contributed by atoms with E-state index in [4.69, 9.17) is 25.0 Å². The lowest BCUT2D eigenvalue weighted by Gasteiger charge is -2.24. The second kappa shape index (κ2) is 11.1. The third-order valence-electron chi connectivity index (χ3n) is 4.78. The molecule has 1 aromatic heterocycles. The molecule has 0 amide bonds. The summed E-state index contributed by atoms with van der Waals surface area (Å²) in [5.41, 5.74) is 5.63. The van der Waals surface area contributed by atoms with E-state index < -0.39 is 13.1 Å². The van der Waals surface area contributed by atoms with E-state index in [0.29, 0.717) is 19.4 Å². The van der Waals surface area contributed by atoms with Gasteiger partial charge < -0.3 is 25.0 Å². The summed E-state index contributed by atoms with van der Waals surface area (Å²) in [5, 5.41) is 0. The summed E-state index contributed by atoms with van der Waals surface area (Å²) in [7, 11) is -2.34. The predicted molar refractivity (Wildman–Crippen MR) is 118 cm³/mol. The Morgan fingerprint density at radius 1 is 1.00 bits per heavy atom. The van der Waals surface area contributed by atoms with Crippen molar-refractivity contribution in [1.82, 2.24) is 0 Å². The quantitative estimate of drug-likeness (QED) is 0.315. The molecular weight excluding hydrogens is 409 g/mol. The van der Waals surface area contributed by atoms with E-state index in [1.54, 1.807) is 18.4 Å². The Labute approximate surface area is 177 Å². The molecule has 2 aromatic rings. The van der Waals surface area contributed by atoms with Crippen molar-refractivity contribution in [2.45, 2.75) is 51.0 Å². The monoisotopic (exact) mass is 441 g/mol. The molecule has 0 aliphatic rings. The molecule has 1 aromatic carbocycles. The number of hydrogen-bond acceptors (Lipinski definition) is 5. The zero-order valence-corrected chi connectivity index (χ0v) is 18.9. The minimum atomic E-state index is -3.99. The second-order valence-corrected chi connectivity index (χ2v) is 10.7. The lowest BCUT2D eigenvalue weighted by Crippen LogP contribution is -2.37. The fraction of sp³-hybridized carbons (Fsp3) is 0.524. The SMILES string of the molecule is COc1ccc(OCCCCc2ccc(CCC(C)(N)CCP(=O)(O)O)s2)cc1. The van der Waals surface area contributed by atoms with Crippen LogP contribution in [0.5, 0.6) is 11.5 Å². The molecule has 1 heterocycles. The number of hydrogen-bond donors (Lipinski definition) is 3. The van der Waals surface area contributed by atoms with Gasteiger partial charge in [0.1, 0.15) is 11.5 Å². The Kier molecular flexibility index (Phi) is 9.18. The topological polar surface area (TPSA) is 102 Å². The number of rotatable bonds is 13. The minimum Gasteiger partial charge on any atom is -0.497 e. The highest BCUT2D eigenvalue weighted by Crippen LogP contribution is 2.37. The van der Waals surface area contributed by atoms with Crippen LogP contribution in [-0.2, 0) is 17.4 Å². The van der Waals surface area contributed by atoms with Crippen LogP contribution in [0.4, 0.5) is 0 Å². The van der Waals surface area contributed by atoms with Crippen LogP contribution < -0.4 is 15.2 Å². The zero-order valence-electron chi connectivity index (χ0n) is 17.2. The van der Waals surface area contributed by atoms with Crippen LogP contribution >= 0.6 is 18.9 Å². The number of methoxy groups -OCH3 is 1. The molecule has 4 N–H and O–H groups in total. The molecule has 0 saturated carbocycles. The summed E-state index contributed by atoms with van der Waals surface area (Å²) in [6.45, 7) is 2.55. The molecule has 1 unspecified atom stereocenters. The molecular formula is C21H32NO5PS. The molecule has 0 radical (unpaired) electrons. The Morgan fingerprint density at radius 2 is 1.62 bits per heavy atom. The molecule has 0 aliphatic heterocycles. The van der Waals surface area contributed by atoms with E-state index in [2.05, 4.69) is 12.1 Å². The first-order chi connectivity index (χ1) is 13.7. The minimum absolute atomic E-state index is 0.158. The molecule has 8 heteroatoms. The van der Waals surface area contributed by atoms with Gasteiger partial charge in [-0.05, 0) is 81.8 Å². The van der Waals surface area contributed by atoms with Crippen molar-refractivity contribution in [2.75, 3.05) is 19.9 Å². The van der Waals surface area contributed by atoms with Crippen molar-refractivity contribution in [3.8, 4) is 11.5 Å². The van der Waals surface area contributed by atoms with Crippen LogP contribution in [0, 0.1) is 0 Å². The Morgan fingerprint density at radius 3 is 2.24 bits per heavy atom. The van der Waals surface area contributed by atoms with Crippen LogP contribution in [0.3, 0.4) is 0 Å². The van der Waals surface area contributed by atoms with E-state index in [1.165, 1.54) is 9.75 Å². The van der Waals surface area contributed by atoms with Crippen LogP contribution in [0.2, 0.25) is 0 Å². The summed E-state index contributed by atoms with van der Waals surface area (Å²) in [4.78, 5) is 20.7. The first kappa shape index (κ1) is 23.9. The van der Waals surface area contributed by atoms with Crippen molar-refractivity contribution >= 4 is 18.9 Å². The Bertz CT molecular complexity index is 785. The Hall–Kier alpha value is -1.37. The second-order valence-electron chi connectivity index (χ2n) is 7.64. The van der Waals surface area contributed by atoms with Crippen molar-refractivity contribution in [2.24, 2.45) is 5.73 Å². The van der Waals surface area contributed by atoms with Gasteiger partial charge in [-0.1, -0.05) is 0 Å². The molecule has 29 heavy (non-hydrogen) atoms. The van der Waals surface area contributed by atoms with Gasteiger partial charge in [0.25, 0.3) is 0 Å². The first-order valence-corrected chi connectivity index (χ1v) is 12.5. The van der Waals surface area contributed by atoms with Gasteiger partial charge >= 0.3 is 7.60 Å². The molecule has 162 valence electrons. The third-order valence-corrected chi connectivity index (χ3v) is 6.79. The van der Waals surface area contributed by atoms with Crippen LogP contribution in [0.15, 0.2) is 36.4 Å². The molecule has 0 saturated heterocycles. The van der Waals surface area contributed by atoms with Crippen molar-refractivity contribution in [3.05, 3.63) is 46.2 Å². The number of aryl methyl sites for hydroxylation is 2. The van der Waals surface area contributed by atoms with Crippen LogP contribution in [-0.4, -0.2) is 35.2 Å². The summed E-state index contributed by atoms with van der Waals surface area (Å²) < 4.78 is 21.9. The molecule has 1 atom stereocenters. The lowest BCUT2D eigenvalue weighted by atomic mass is 9.94. The molecule has 0 fully saturated rings. The van der Waals surface area contributed by atoms with Gasteiger partial charge in [-0.3, -0.25) is 4.57 Å². The number of thiophene rings is 1. The van der Waals surface area contributed by atoms with Crippen LogP contribution in [0.1, 0.15) is 42.4 Å². The maximum absolute atomic E-state index is 11.0. The largest absolute Gasteiger partial charge is 0.497 e. The number of unbranched alkanes of at least 4 members (excludes halogenated alkanes) is 1. The molecule has 2 rings (SSSR count). The Balaban J connectivity index is 1.64. The predicted octanol–water partition coefficient (Wildman–Crippen LogP) is 4.38. The highest BCUT2D eigenvalue weighted by Gasteiger charge is 2.23. The first-order valence-electron chi connectivity index (χ1n) is 9.85. The van der Waals surface area contributed by atoms with E-state index in [1.807, 2.05) is 31.2 Å². The average molecular weight is 442 g/mol. The molecule has 6 nitrogen and oxygen atoms in total. The van der Waals surface area contributed by atoms with Crippen LogP contribution in [0.25, 0.3) is 0 Å². The highest BCUT2D eigenvalue weighted by molar-refractivity contribution is 7.51. The number of nitrogens with two attached hydrogens (primary N) is 1. The van der Waals surface area contributed by atoms with Gasteiger partial charge in [0.2, 0.25) is 0 Å². The average Bonchev–Trinajstić information content (AvgIpc) is 3.13. The fourth-order valence-corrected chi connectivity index (χ4v) is 4.75. The number of ether oxygens (including phenoxy) is 2. The fourth-order valence-electron chi connectivity index (χ4n) is 2.89. The van der Waals surface area contributed by atoms with E-state index in [0.717, 1.165) is 37.2 Å². The summed E-state index contributed by atoms with van der Waals surface area (Å²) >= 11 is 1.79. The van der Waals surface area contributed by atoms with Gasteiger partial charge in [0.05, 0.1) is 19.9 Å². The van der Waals surface area contributed by atoms with E-state index >= 15 is 0 Å². The standard InChI is InChI=1S/C21H32NO5PS/c1-21(22,14-16-28(23,24)25)13-12-20-11-10-19(29-20)5-3-4-15-27-18-8-6-17(26-2)7-9-18/h6-11H,3-5,12-16,22H2,1-2H3,(H2,23,24,25). The third kappa shape index (κ3) is 9.79. The van der Waals surface area contributed by atoms with Crippen molar-refractivity contribution < 1.29 is 23.8 Å². The summed E-state index contributed by atoms with van der Waals surface area (Å²) in [6, 6.07) is 11.9. The summed E-state index contributed by atoms with van der Waals surface area (Å²) in [6.07, 6.45) is 4.78. The highest BCUT2D eigenvalue weighted by atomic mass is 32.1. The normalized spacial score (nSPS) is 13.8. The van der Waals surface area contributed by atoms with Gasteiger partial charge in [0, 0.05) is 15.3 Å².